The van der Waals surface area contributed by atoms with Crippen LogP contribution in [0.5, 0.6) is 0 Å². The van der Waals surface area contributed by atoms with E-state index in [2.05, 4.69) is 51.2 Å². The third kappa shape index (κ3) is 7.05. The molecule has 32 heavy (non-hydrogen) atoms. The van der Waals surface area contributed by atoms with E-state index in [0.717, 1.165) is 45.4 Å². The Bertz CT molecular complexity index is 967. The number of nitrogens with zero attached hydrogens (tertiary/aromatic N) is 2. The molecule has 0 bridgehead atoms. The summed E-state index contributed by atoms with van der Waals surface area (Å²) in [6.07, 6.45) is 2.75. The molecule has 1 aliphatic rings. The van der Waals surface area contributed by atoms with E-state index < -0.39 is 10.0 Å². The Morgan fingerprint density at radius 2 is 1.62 bits per heavy atom. The van der Waals surface area contributed by atoms with Gasteiger partial charge in [-0.2, -0.15) is 0 Å². The second-order valence-electron chi connectivity index (χ2n) is 8.28. The number of sulfonamides is 1. The van der Waals surface area contributed by atoms with Gasteiger partial charge in [-0.25, -0.2) is 13.1 Å². The van der Waals surface area contributed by atoms with E-state index >= 15 is 0 Å². The number of anilines is 2. The van der Waals surface area contributed by atoms with E-state index in [1.807, 2.05) is 6.92 Å². The molecular formula is C24H34N4O3S. The minimum absolute atomic E-state index is 0.0715. The monoisotopic (exact) mass is 458 g/mol. The number of piperazine rings is 1. The lowest BCUT2D eigenvalue weighted by Crippen LogP contribution is -2.44. The van der Waals surface area contributed by atoms with Crippen molar-refractivity contribution in [1.29, 1.82) is 0 Å². The maximum Gasteiger partial charge on any atom is 0.240 e. The maximum atomic E-state index is 12.5. The predicted molar refractivity (Wildman–Crippen MR) is 130 cm³/mol. The Morgan fingerprint density at radius 1 is 0.969 bits per heavy atom. The Labute approximate surface area is 191 Å². The first-order valence-electron chi connectivity index (χ1n) is 11.3. The molecule has 174 valence electrons. The van der Waals surface area contributed by atoms with E-state index in [1.54, 1.807) is 12.1 Å². The normalized spacial score (nSPS) is 15.0. The molecule has 0 aromatic heterocycles. The molecule has 0 saturated carbocycles. The first-order chi connectivity index (χ1) is 15.4. The molecule has 0 atom stereocenters. The lowest BCUT2D eigenvalue weighted by atomic mass is 10.1. The standard InChI is InChI=1S/C24H34N4O3S/c1-3-5-24(29)26-21-9-13-23(14-10-21)32(30,31)25-15-4-6-20-7-11-22(12-8-20)28-18-16-27(2)17-19-28/h7-14,25H,3-6,15-19H2,1-2H3,(H,26,29). The second kappa shape index (κ2) is 11.4. The van der Waals surface area contributed by atoms with Gasteiger partial charge in [0.2, 0.25) is 15.9 Å². The van der Waals surface area contributed by atoms with Crippen molar-refractivity contribution >= 4 is 27.3 Å². The topological polar surface area (TPSA) is 81.7 Å². The highest BCUT2D eigenvalue weighted by molar-refractivity contribution is 7.89. The predicted octanol–water partition coefficient (Wildman–Crippen LogP) is 3.09. The number of nitrogens with one attached hydrogen (secondary N) is 2. The SMILES string of the molecule is CCCC(=O)Nc1ccc(S(=O)(=O)NCCCc2ccc(N3CCN(C)CC3)cc2)cc1. The summed E-state index contributed by atoms with van der Waals surface area (Å²) in [5.74, 6) is -0.0715. The Hall–Kier alpha value is -2.42. The number of hydrogen-bond acceptors (Lipinski definition) is 5. The average Bonchev–Trinajstić information content (AvgIpc) is 2.78. The van der Waals surface area contributed by atoms with Crippen molar-refractivity contribution in [2.45, 2.75) is 37.5 Å². The molecule has 1 aliphatic heterocycles. The number of carbonyl (C=O) groups is 1. The van der Waals surface area contributed by atoms with Gasteiger partial charge in [0.25, 0.3) is 0 Å². The summed E-state index contributed by atoms with van der Waals surface area (Å²) < 4.78 is 27.7. The molecule has 1 amide bonds. The zero-order valence-corrected chi connectivity index (χ0v) is 19.8. The third-order valence-electron chi connectivity index (χ3n) is 5.66. The molecule has 2 N–H and O–H groups in total. The van der Waals surface area contributed by atoms with E-state index in [1.165, 1.54) is 23.4 Å². The van der Waals surface area contributed by atoms with Gasteiger partial charge in [0.05, 0.1) is 4.90 Å². The van der Waals surface area contributed by atoms with E-state index in [9.17, 15) is 13.2 Å². The Morgan fingerprint density at radius 3 is 2.25 bits per heavy atom. The smallest absolute Gasteiger partial charge is 0.240 e. The van der Waals surface area contributed by atoms with Crippen LogP contribution in [-0.4, -0.2) is 59.0 Å². The molecule has 2 aromatic rings. The van der Waals surface area contributed by atoms with Crippen LogP contribution in [0.1, 0.15) is 31.7 Å². The van der Waals surface area contributed by atoms with Gasteiger partial charge in [0.15, 0.2) is 0 Å². The molecule has 0 unspecified atom stereocenters. The Kier molecular flexibility index (Phi) is 8.67. The summed E-state index contributed by atoms with van der Waals surface area (Å²) in [6, 6.07) is 14.8. The van der Waals surface area contributed by atoms with Crippen molar-refractivity contribution in [2.75, 3.05) is 50.0 Å². The zero-order valence-electron chi connectivity index (χ0n) is 19.0. The van der Waals surface area contributed by atoms with Crippen molar-refractivity contribution in [3.05, 3.63) is 54.1 Å². The van der Waals surface area contributed by atoms with Gasteiger partial charge < -0.3 is 15.1 Å². The number of carbonyl (C=O) groups excluding carboxylic acids is 1. The number of amides is 1. The highest BCUT2D eigenvalue weighted by Crippen LogP contribution is 2.18. The minimum Gasteiger partial charge on any atom is -0.369 e. The number of benzene rings is 2. The first-order valence-corrected chi connectivity index (χ1v) is 12.8. The molecule has 1 heterocycles. The van der Waals surface area contributed by atoms with Gasteiger partial charge in [-0.1, -0.05) is 19.1 Å². The first kappa shape index (κ1) is 24.2. The summed E-state index contributed by atoms with van der Waals surface area (Å²) in [5, 5.41) is 2.76. The Balaban J connectivity index is 1.44. The van der Waals surface area contributed by atoms with E-state index in [4.69, 9.17) is 0 Å². The number of hydrogen-bond donors (Lipinski definition) is 2. The molecule has 0 spiro atoms. The quantitative estimate of drug-likeness (QED) is 0.535. The highest BCUT2D eigenvalue weighted by atomic mass is 32.2. The molecule has 8 heteroatoms. The summed E-state index contributed by atoms with van der Waals surface area (Å²) >= 11 is 0. The second-order valence-corrected chi connectivity index (χ2v) is 10.0. The van der Waals surface area contributed by atoms with Gasteiger partial charge in [0, 0.05) is 50.5 Å². The fraction of sp³-hybridized carbons (Fsp3) is 0.458. The summed E-state index contributed by atoms with van der Waals surface area (Å²) in [6.45, 7) is 6.56. The van der Waals surface area contributed by atoms with Crippen LogP contribution in [0.2, 0.25) is 0 Å². The van der Waals surface area contributed by atoms with Crippen LogP contribution in [0.4, 0.5) is 11.4 Å². The molecule has 3 rings (SSSR count). The molecular weight excluding hydrogens is 424 g/mol. The van der Waals surface area contributed by atoms with Crippen LogP contribution >= 0.6 is 0 Å². The molecule has 1 fully saturated rings. The van der Waals surface area contributed by atoms with Crippen molar-refractivity contribution in [2.24, 2.45) is 0 Å². The fourth-order valence-corrected chi connectivity index (χ4v) is 4.76. The van der Waals surface area contributed by atoms with Gasteiger partial charge in [-0.15, -0.1) is 0 Å². The summed E-state index contributed by atoms with van der Waals surface area (Å²) in [4.78, 5) is 16.6. The van der Waals surface area contributed by atoms with Gasteiger partial charge in [-0.05, 0) is 68.3 Å². The fourth-order valence-electron chi connectivity index (χ4n) is 3.69. The van der Waals surface area contributed by atoms with Gasteiger partial charge in [-0.3, -0.25) is 4.79 Å². The van der Waals surface area contributed by atoms with Gasteiger partial charge in [0.1, 0.15) is 0 Å². The average molecular weight is 459 g/mol. The lowest BCUT2D eigenvalue weighted by Gasteiger charge is -2.34. The molecule has 1 saturated heterocycles. The van der Waals surface area contributed by atoms with Crippen LogP contribution < -0.4 is 14.9 Å². The molecule has 0 radical (unpaired) electrons. The van der Waals surface area contributed by atoms with E-state index in [-0.39, 0.29) is 10.8 Å². The molecule has 7 nitrogen and oxygen atoms in total. The minimum atomic E-state index is -3.57. The number of likely N-dealkylation sites (N-methyl/N-ethyl adjacent to an activating group) is 1. The van der Waals surface area contributed by atoms with Crippen molar-refractivity contribution in [3.63, 3.8) is 0 Å². The van der Waals surface area contributed by atoms with Crippen LogP contribution in [0, 0.1) is 0 Å². The third-order valence-corrected chi connectivity index (χ3v) is 7.14. The van der Waals surface area contributed by atoms with Crippen molar-refractivity contribution < 1.29 is 13.2 Å². The lowest BCUT2D eigenvalue weighted by molar-refractivity contribution is -0.116. The highest BCUT2D eigenvalue weighted by Gasteiger charge is 2.15. The largest absolute Gasteiger partial charge is 0.369 e. The molecule has 0 aliphatic carbocycles. The van der Waals surface area contributed by atoms with Crippen LogP contribution in [0.15, 0.2) is 53.4 Å². The number of aryl methyl sites for hydroxylation is 1. The summed E-state index contributed by atoms with van der Waals surface area (Å²) in [5.41, 5.74) is 3.05. The van der Waals surface area contributed by atoms with Crippen LogP contribution in [0.3, 0.4) is 0 Å². The van der Waals surface area contributed by atoms with Crippen molar-refractivity contribution in [1.82, 2.24) is 9.62 Å². The van der Waals surface area contributed by atoms with Crippen molar-refractivity contribution in [3.8, 4) is 0 Å². The van der Waals surface area contributed by atoms with E-state index in [0.29, 0.717) is 18.7 Å². The molecule has 2 aromatic carbocycles. The van der Waals surface area contributed by atoms with Gasteiger partial charge >= 0.3 is 0 Å². The van der Waals surface area contributed by atoms with Crippen LogP contribution in [0.25, 0.3) is 0 Å². The zero-order chi connectivity index (χ0) is 23.0. The summed E-state index contributed by atoms with van der Waals surface area (Å²) in [7, 11) is -1.42. The maximum absolute atomic E-state index is 12.5. The van der Waals surface area contributed by atoms with Crippen LogP contribution in [-0.2, 0) is 21.2 Å². The number of rotatable bonds is 10.